The number of hydrogen-bond donors (Lipinski definition) is 1. The Bertz CT molecular complexity index is 552. The second kappa shape index (κ2) is 5.31. The van der Waals surface area contributed by atoms with Gasteiger partial charge in [-0.05, 0) is 25.1 Å². The maximum Gasteiger partial charge on any atom is 0.161 e. The molecule has 0 aliphatic carbocycles. The van der Waals surface area contributed by atoms with Gasteiger partial charge < -0.3 is 14.5 Å². The Hall–Kier alpha value is -1.68. The van der Waals surface area contributed by atoms with Crippen molar-refractivity contribution in [3.8, 4) is 22.8 Å². The zero-order valence-electron chi connectivity index (χ0n) is 10.6. The average Bonchev–Trinajstić information content (AvgIpc) is 2.79. The standard InChI is InChI=1S/C13H15ClN2O2/c1-8-13(16-12(7-14)15-8)9-4-5-10(17-2)11(6-9)18-3/h4-6H,7H2,1-3H3,(H,15,16). The first-order valence-corrected chi connectivity index (χ1v) is 6.07. The first kappa shape index (κ1) is 12.8. The molecule has 0 atom stereocenters. The van der Waals surface area contributed by atoms with Crippen LogP contribution < -0.4 is 9.47 Å². The molecule has 0 saturated carbocycles. The molecule has 0 fully saturated rings. The highest BCUT2D eigenvalue weighted by Crippen LogP contribution is 2.32. The molecule has 1 aromatic carbocycles. The molecule has 2 rings (SSSR count). The number of aromatic amines is 1. The van der Waals surface area contributed by atoms with Gasteiger partial charge in [-0.15, -0.1) is 11.6 Å². The number of aromatic nitrogens is 2. The molecule has 0 bridgehead atoms. The fourth-order valence-electron chi connectivity index (χ4n) is 1.85. The quantitative estimate of drug-likeness (QED) is 0.865. The van der Waals surface area contributed by atoms with E-state index in [9.17, 15) is 0 Å². The predicted molar refractivity (Wildman–Crippen MR) is 71.4 cm³/mol. The molecule has 0 amide bonds. The van der Waals surface area contributed by atoms with Crippen LogP contribution in [0.15, 0.2) is 18.2 Å². The van der Waals surface area contributed by atoms with E-state index in [2.05, 4.69) is 9.97 Å². The lowest BCUT2D eigenvalue weighted by Gasteiger charge is -2.08. The molecule has 0 aliphatic rings. The van der Waals surface area contributed by atoms with Gasteiger partial charge in [-0.25, -0.2) is 4.98 Å². The lowest BCUT2D eigenvalue weighted by Crippen LogP contribution is -1.91. The molecular weight excluding hydrogens is 252 g/mol. The van der Waals surface area contributed by atoms with E-state index in [4.69, 9.17) is 21.1 Å². The molecule has 0 radical (unpaired) electrons. The largest absolute Gasteiger partial charge is 0.493 e. The highest BCUT2D eigenvalue weighted by Gasteiger charge is 2.11. The first-order valence-electron chi connectivity index (χ1n) is 5.53. The number of aryl methyl sites for hydroxylation is 1. The van der Waals surface area contributed by atoms with Crippen molar-refractivity contribution in [2.75, 3.05) is 14.2 Å². The summed E-state index contributed by atoms with van der Waals surface area (Å²) in [6.07, 6.45) is 0. The number of benzene rings is 1. The van der Waals surface area contributed by atoms with Gasteiger partial charge in [0.15, 0.2) is 11.5 Å². The summed E-state index contributed by atoms with van der Waals surface area (Å²) in [4.78, 5) is 7.59. The Morgan fingerprint density at radius 3 is 2.50 bits per heavy atom. The van der Waals surface area contributed by atoms with Crippen molar-refractivity contribution in [3.05, 3.63) is 29.7 Å². The van der Waals surface area contributed by atoms with Crippen molar-refractivity contribution < 1.29 is 9.47 Å². The van der Waals surface area contributed by atoms with Crippen LogP contribution in [0.4, 0.5) is 0 Å². The fraction of sp³-hybridized carbons (Fsp3) is 0.308. The van der Waals surface area contributed by atoms with Gasteiger partial charge in [0.25, 0.3) is 0 Å². The third-order valence-corrected chi connectivity index (χ3v) is 2.97. The fourth-order valence-corrected chi connectivity index (χ4v) is 1.98. The van der Waals surface area contributed by atoms with Crippen molar-refractivity contribution in [2.45, 2.75) is 12.8 Å². The van der Waals surface area contributed by atoms with E-state index in [1.807, 2.05) is 25.1 Å². The summed E-state index contributed by atoms with van der Waals surface area (Å²) in [5.74, 6) is 2.52. The van der Waals surface area contributed by atoms with Crippen molar-refractivity contribution in [2.24, 2.45) is 0 Å². The minimum atomic E-state index is 0.369. The van der Waals surface area contributed by atoms with Gasteiger partial charge in [0.1, 0.15) is 5.82 Å². The molecular formula is C13H15ClN2O2. The molecule has 1 aromatic heterocycles. The highest BCUT2D eigenvalue weighted by atomic mass is 35.5. The number of methoxy groups -OCH3 is 2. The van der Waals surface area contributed by atoms with Crippen molar-refractivity contribution >= 4 is 11.6 Å². The third kappa shape index (κ3) is 2.29. The summed E-state index contributed by atoms with van der Waals surface area (Å²) in [5.41, 5.74) is 2.84. The van der Waals surface area contributed by atoms with Crippen LogP contribution in [0, 0.1) is 6.92 Å². The highest BCUT2D eigenvalue weighted by molar-refractivity contribution is 6.16. The Morgan fingerprint density at radius 2 is 1.94 bits per heavy atom. The number of rotatable bonds is 4. The van der Waals surface area contributed by atoms with E-state index in [-0.39, 0.29) is 0 Å². The van der Waals surface area contributed by atoms with Crippen LogP contribution in [0.2, 0.25) is 0 Å². The minimum Gasteiger partial charge on any atom is -0.493 e. The number of imidazole rings is 1. The molecule has 0 unspecified atom stereocenters. The SMILES string of the molecule is COc1ccc(-c2nc(CCl)[nH]c2C)cc1OC. The maximum absolute atomic E-state index is 5.77. The van der Waals surface area contributed by atoms with Crippen molar-refractivity contribution in [1.82, 2.24) is 9.97 Å². The molecule has 4 nitrogen and oxygen atoms in total. The van der Waals surface area contributed by atoms with Gasteiger partial charge in [0.2, 0.25) is 0 Å². The molecule has 96 valence electrons. The molecule has 18 heavy (non-hydrogen) atoms. The normalized spacial score (nSPS) is 10.4. The van der Waals surface area contributed by atoms with Crippen LogP contribution in [0.25, 0.3) is 11.3 Å². The van der Waals surface area contributed by atoms with Crippen LogP contribution in [-0.2, 0) is 5.88 Å². The topological polar surface area (TPSA) is 47.1 Å². The zero-order valence-corrected chi connectivity index (χ0v) is 11.3. The lowest BCUT2D eigenvalue weighted by atomic mass is 10.1. The molecule has 0 saturated heterocycles. The van der Waals surface area contributed by atoms with Gasteiger partial charge in [-0.1, -0.05) is 0 Å². The predicted octanol–water partition coefficient (Wildman–Crippen LogP) is 3.14. The van der Waals surface area contributed by atoms with E-state index in [1.165, 1.54) is 0 Å². The third-order valence-electron chi connectivity index (χ3n) is 2.72. The first-order chi connectivity index (χ1) is 8.69. The molecule has 0 aliphatic heterocycles. The summed E-state index contributed by atoms with van der Waals surface area (Å²) < 4.78 is 10.5. The van der Waals surface area contributed by atoms with Gasteiger partial charge in [-0.2, -0.15) is 0 Å². The molecule has 1 heterocycles. The van der Waals surface area contributed by atoms with Crippen LogP contribution in [0.1, 0.15) is 11.5 Å². The Balaban J connectivity index is 2.47. The Kier molecular flexibility index (Phi) is 3.77. The number of ether oxygens (including phenoxy) is 2. The van der Waals surface area contributed by atoms with Crippen molar-refractivity contribution in [3.63, 3.8) is 0 Å². The summed E-state index contributed by atoms with van der Waals surface area (Å²) in [6, 6.07) is 5.71. The van der Waals surface area contributed by atoms with E-state index >= 15 is 0 Å². The number of halogens is 1. The van der Waals surface area contributed by atoms with Crippen LogP contribution in [0.3, 0.4) is 0 Å². The minimum absolute atomic E-state index is 0.369. The van der Waals surface area contributed by atoms with Crippen LogP contribution in [0.5, 0.6) is 11.5 Å². The number of hydrogen-bond acceptors (Lipinski definition) is 3. The second-order valence-electron chi connectivity index (χ2n) is 3.86. The van der Waals surface area contributed by atoms with E-state index in [0.717, 1.165) is 22.8 Å². The smallest absolute Gasteiger partial charge is 0.161 e. The summed E-state index contributed by atoms with van der Waals surface area (Å²) in [7, 11) is 3.23. The lowest BCUT2D eigenvalue weighted by molar-refractivity contribution is 0.355. The maximum atomic E-state index is 5.77. The molecule has 2 aromatic rings. The van der Waals surface area contributed by atoms with Crippen LogP contribution in [-0.4, -0.2) is 24.2 Å². The number of nitrogens with zero attached hydrogens (tertiary/aromatic N) is 1. The van der Waals surface area contributed by atoms with Crippen molar-refractivity contribution in [1.29, 1.82) is 0 Å². The summed E-state index contributed by atoms with van der Waals surface area (Å²) >= 11 is 5.77. The Morgan fingerprint density at radius 1 is 1.22 bits per heavy atom. The average molecular weight is 267 g/mol. The van der Waals surface area contributed by atoms with E-state index in [1.54, 1.807) is 14.2 Å². The van der Waals surface area contributed by atoms with E-state index in [0.29, 0.717) is 17.4 Å². The second-order valence-corrected chi connectivity index (χ2v) is 4.13. The van der Waals surface area contributed by atoms with Crippen LogP contribution >= 0.6 is 11.6 Å². The van der Waals surface area contributed by atoms with Gasteiger partial charge >= 0.3 is 0 Å². The number of nitrogens with one attached hydrogen (secondary N) is 1. The van der Waals surface area contributed by atoms with Gasteiger partial charge in [0, 0.05) is 11.3 Å². The summed E-state index contributed by atoms with van der Waals surface area (Å²) in [6.45, 7) is 1.97. The summed E-state index contributed by atoms with van der Waals surface area (Å²) in [5, 5.41) is 0. The molecule has 1 N–H and O–H groups in total. The molecule has 0 spiro atoms. The zero-order chi connectivity index (χ0) is 13.1. The number of alkyl halides is 1. The number of H-pyrrole nitrogens is 1. The van der Waals surface area contributed by atoms with Gasteiger partial charge in [0.05, 0.1) is 25.8 Å². The van der Waals surface area contributed by atoms with E-state index < -0.39 is 0 Å². The Labute approximate surface area is 111 Å². The van der Waals surface area contributed by atoms with Gasteiger partial charge in [-0.3, -0.25) is 0 Å². The monoisotopic (exact) mass is 266 g/mol. The molecule has 5 heteroatoms.